The zero-order valence-corrected chi connectivity index (χ0v) is 16.1. The summed E-state index contributed by atoms with van der Waals surface area (Å²) >= 11 is 0. The van der Waals surface area contributed by atoms with Crippen LogP contribution in [0.25, 0.3) is 5.65 Å². The average molecular weight is 382 g/mol. The molecule has 1 fully saturated rings. The van der Waals surface area contributed by atoms with Crippen molar-refractivity contribution in [3.8, 4) is 0 Å². The first kappa shape index (κ1) is 18.1. The van der Waals surface area contributed by atoms with E-state index >= 15 is 0 Å². The Morgan fingerprint density at radius 1 is 1.18 bits per heavy atom. The fraction of sp³-hybridized carbons (Fsp3) is 0.421. The van der Waals surface area contributed by atoms with E-state index < -0.39 is 5.97 Å². The van der Waals surface area contributed by atoms with Gasteiger partial charge in [-0.3, -0.25) is 9.48 Å². The lowest BCUT2D eigenvalue weighted by Gasteiger charge is -2.32. The third kappa shape index (κ3) is 3.02. The molecule has 3 aromatic heterocycles. The van der Waals surface area contributed by atoms with Gasteiger partial charge in [-0.15, -0.1) is 0 Å². The standard InChI is InChI=1S/C19H22N6O3/c1-11-8-12(2)25-17(21-11)16(13(3)22-25)18(26)23-6-4-15(5-7-23)24-10-14(9-20-24)19(27)28/h8-10,15H,4-7H2,1-3H3,(H,27,28). The Balaban J connectivity index is 1.54. The first-order valence-electron chi connectivity index (χ1n) is 9.25. The number of aryl methyl sites for hydroxylation is 3. The van der Waals surface area contributed by atoms with Crippen molar-refractivity contribution in [2.24, 2.45) is 0 Å². The van der Waals surface area contributed by atoms with Gasteiger partial charge in [0.2, 0.25) is 0 Å². The average Bonchev–Trinajstić information content (AvgIpc) is 3.26. The first-order chi connectivity index (χ1) is 13.3. The van der Waals surface area contributed by atoms with E-state index in [0.717, 1.165) is 24.2 Å². The monoisotopic (exact) mass is 382 g/mol. The third-order valence-corrected chi connectivity index (χ3v) is 5.26. The molecule has 0 radical (unpaired) electrons. The van der Waals surface area contributed by atoms with Crippen LogP contribution in [0.4, 0.5) is 0 Å². The Labute approximate surface area is 161 Å². The SMILES string of the molecule is Cc1cc(C)n2nc(C)c(C(=O)N3CCC(n4cc(C(=O)O)cn4)CC3)c2n1. The van der Waals surface area contributed by atoms with Gasteiger partial charge in [-0.1, -0.05) is 0 Å². The van der Waals surface area contributed by atoms with Gasteiger partial charge in [0.05, 0.1) is 23.5 Å². The molecule has 28 heavy (non-hydrogen) atoms. The summed E-state index contributed by atoms with van der Waals surface area (Å²) in [6.07, 6.45) is 4.35. The molecule has 0 atom stereocenters. The van der Waals surface area contributed by atoms with E-state index in [0.29, 0.717) is 30.0 Å². The van der Waals surface area contributed by atoms with Crippen LogP contribution in [0.5, 0.6) is 0 Å². The number of fused-ring (bicyclic) bond motifs is 1. The number of nitrogens with zero attached hydrogens (tertiary/aromatic N) is 6. The zero-order valence-electron chi connectivity index (χ0n) is 16.1. The molecule has 1 amide bonds. The van der Waals surface area contributed by atoms with Crippen molar-refractivity contribution >= 4 is 17.5 Å². The van der Waals surface area contributed by atoms with Crippen LogP contribution in [0, 0.1) is 20.8 Å². The summed E-state index contributed by atoms with van der Waals surface area (Å²) in [6, 6.07) is 2.03. The van der Waals surface area contributed by atoms with E-state index in [1.807, 2.05) is 31.7 Å². The van der Waals surface area contributed by atoms with Crippen molar-refractivity contribution in [2.45, 2.75) is 39.7 Å². The summed E-state index contributed by atoms with van der Waals surface area (Å²) in [5.41, 5.74) is 3.79. The van der Waals surface area contributed by atoms with E-state index in [-0.39, 0.29) is 17.5 Å². The highest BCUT2D eigenvalue weighted by atomic mass is 16.4. The van der Waals surface area contributed by atoms with E-state index in [2.05, 4.69) is 15.2 Å². The Kier molecular flexibility index (Phi) is 4.37. The first-order valence-corrected chi connectivity index (χ1v) is 9.25. The molecule has 146 valence electrons. The lowest BCUT2D eigenvalue weighted by molar-refractivity contribution is 0.0689. The number of hydrogen-bond donors (Lipinski definition) is 1. The zero-order chi connectivity index (χ0) is 20.0. The summed E-state index contributed by atoms with van der Waals surface area (Å²) < 4.78 is 3.42. The highest BCUT2D eigenvalue weighted by Gasteiger charge is 2.29. The number of carbonyl (C=O) groups excluding carboxylic acids is 1. The van der Waals surface area contributed by atoms with Gasteiger partial charge in [-0.25, -0.2) is 14.3 Å². The van der Waals surface area contributed by atoms with Crippen LogP contribution in [0.2, 0.25) is 0 Å². The Morgan fingerprint density at radius 2 is 1.89 bits per heavy atom. The number of carbonyl (C=O) groups is 2. The van der Waals surface area contributed by atoms with Gasteiger partial charge in [-0.05, 0) is 39.7 Å². The molecule has 1 N–H and O–H groups in total. The van der Waals surface area contributed by atoms with Crippen molar-refractivity contribution in [1.82, 2.24) is 29.3 Å². The van der Waals surface area contributed by atoms with Crippen LogP contribution in [-0.2, 0) is 0 Å². The number of piperidine rings is 1. The molecule has 9 nitrogen and oxygen atoms in total. The molecule has 0 aromatic carbocycles. The molecule has 3 aromatic rings. The second-order valence-corrected chi connectivity index (χ2v) is 7.27. The van der Waals surface area contributed by atoms with E-state index in [1.54, 1.807) is 15.4 Å². The largest absolute Gasteiger partial charge is 0.478 e. The van der Waals surface area contributed by atoms with Gasteiger partial charge in [0.15, 0.2) is 5.65 Å². The van der Waals surface area contributed by atoms with Gasteiger partial charge >= 0.3 is 5.97 Å². The predicted octanol–water partition coefficient (Wildman–Crippen LogP) is 2.03. The Morgan fingerprint density at radius 3 is 2.54 bits per heavy atom. The maximum Gasteiger partial charge on any atom is 0.338 e. The normalized spacial score (nSPS) is 15.3. The molecule has 1 saturated heterocycles. The molecule has 9 heteroatoms. The quantitative estimate of drug-likeness (QED) is 0.743. The molecule has 0 bridgehead atoms. The topological polar surface area (TPSA) is 106 Å². The summed E-state index contributed by atoms with van der Waals surface area (Å²) in [7, 11) is 0. The Bertz CT molecular complexity index is 1070. The molecule has 0 unspecified atom stereocenters. The number of hydrogen-bond acceptors (Lipinski definition) is 5. The van der Waals surface area contributed by atoms with Crippen molar-refractivity contribution < 1.29 is 14.7 Å². The van der Waals surface area contributed by atoms with E-state index in [1.165, 1.54) is 6.20 Å². The Hall–Kier alpha value is -3.23. The van der Waals surface area contributed by atoms with Gasteiger partial charge in [0.1, 0.15) is 5.56 Å². The maximum atomic E-state index is 13.2. The van der Waals surface area contributed by atoms with Gasteiger partial charge in [0.25, 0.3) is 5.91 Å². The molecule has 0 aliphatic carbocycles. The van der Waals surface area contributed by atoms with Crippen LogP contribution >= 0.6 is 0 Å². The predicted molar refractivity (Wildman–Crippen MR) is 101 cm³/mol. The number of aromatic nitrogens is 5. The molecule has 0 saturated carbocycles. The van der Waals surface area contributed by atoms with Crippen LogP contribution in [0.1, 0.15) is 56.7 Å². The lowest BCUT2D eigenvalue weighted by atomic mass is 10.0. The van der Waals surface area contributed by atoms with Crippen LogP contribution in [0.3, 0.4) is 0 Å². The number of carboxylic acids is 1. The van der Waals surface area contributed by atoms with Crippen molar-refractivity contribution in [3.05, 3.63) is 46.7 Å². The number of rotatable bonds is 3. The number of aromatic carboxylic acids is 1. The number of carboxylic acid groups (broad SMARTS) is 1. The van der Waals surface area contributed by atoms with Crippen LogP contribution < -0.4 is 0 Å². The molecular formula is C19H22N6O3. The van der Waals surface area contributed by atoms with Gasteiger partial charge in [0, 0.05) is 30.7 Å². The maximum absolute atomic E-state index is 13.2. The molecule has 4 heterocycles. The third-order valence-electron chi connectivity index (χ3n) is 5.26. The number of amides is 1. The van der Waals surface area contributed by atoms with Crippen LogP contribution in [0.15, 0.2) is 18.5 Å². The summed E-state index contributed by atoms with van der Waals surface area (Å²) in [6.45, 7) is 6.84. The van der Waals surface area contributed by atoms with Crippen molar-refractivity contribution in [2.75, 3.05) is 13.1 Å². The van der Waals surface area contributed by atoms with Gasteiger partial charge < -0.3 is 10.0 Å². The van der Waals surface area contributed by atoms with E-state index in [9.17, 15) is 9.59 Å². The molecule has 1 aliphatic heterocycles. The second kappa shape index (κ2) is 6.74. The van der Waals surface area contributed by atoms with Crippen molar-refractivity contribution in [1.29, 1.82) is 0 Å². The highest BCUT2D eigenvalue weighted by molar-refractivity contribution is 6.01. The minimum atomic E-state index is -0.986. The lowest BCUT2D eigenvalue weighted by Crippen LogP contribution is -2.39. The summed E-state index contributed by atoms with van der Waals surface area (Å²) in [5.74, 6) is -1.05. The second-order valence-electron chi connectivity index (χ2n) is 7.27. The summed E-state index contributed by atoms with van der Waals surface area (Å²) in [4.78, 5) is 30.6. The smallest absolute Gasteiger partial charge is 0.338 e. The minimum absolute atomic E-state index is 0.0601. The van der Waals surface area contributed by atoms with Crippen molar-refractivity contribution in [3.63, 3.8) is 0 Å². The number of likely N-dealkylation sites (tertiary alicyclic amines) is 1. The fourth-order valence-corrected chi connectivity index (χ4v) is 3.82. The van der Waals surface area contributed by atoms with E-state index in [4.69, 9.17) is 5.11 Å². The van der Waals surface area contributed by atoms with Gasteiger partial charge in [-0.2, -0.15) is 10.2 Å². The molecular weight excluding hydrogens is 360 g/mol. The van der Waals surface area contributed by atoms with Crippen LogP contribution in [-0.4, -0.2) is 59.4 Å². The fourth-order valence-electron chi connectivity index (χ4n) is 3.82. The summed E-state index contributed by atoms with van der Waals surface area (Å²) in [5, 5.41) is 17.7. The molecule has 4 rings (SSSR count). The minimum Gasteiger partial charge on any atom is -0.478 e. The molecule has 1 aliphatic rings. The molecule has 0 spiro atoms. The highest BCUT2D eigenvalue weighted by Crippen LogP contribution is 2.25.